The summed E-state index contributed by atoms with van der Waals surface area (Å²) in [6.07, 6.45) is 1.70. The van der Waals surface area contributed by atoms with Crippen molar-refractivity contribution < 1.29 is 9.59 Å². The Hall–Kier alpha value is -1.68. The SMILES string of the molecule is Cc1cc(C)cc(C(=O)CCNCC(CC=O)c2ccc(Cl)c(Cl)c2)c1. The normalized spacial score (nSPS) is 12.0. The first-order valence-electron chi connectivity index (χ1n) is 8.61. The van der Waals surface area contributed by atoms with Gasteiger partial charge in [-0.15, -0.1) is 0 Å². The Morgan fingerprint density at radius 3 is 2.38 bits per heavy atom. The summed E-state index contributed by atoms with van der Waals surface area (Å²) in [5.74, 6) is 0.115. The molecule has 0 aliphatic carbocycles. The second-order valence-corrected chi connectivity index (χ2v) is 7.34. The molecule has 26 heavy (non-hydrogen) atoms. The number of hydrogen-bond donors (Lipinski definition) is 1. The molecule has 3 nitrogen and oxygen atoms in total. The largest absolute Gasteiger partial charge is 0.316 e. The van der Waals surface area contributed by atoms with Crippen LogP contribution in [-0.4, -0.2) is 25.2 Å². The number of aldehydes is 1. The lowest BCUT2D eigenvalue weighted by Gasteiger charge is -2.16. The molecule has 0 spiro atoms. The van der Waals surface area contributed by atoms with Crippen molar-refractivity contribution >= 4 is 35.3 Å². The average Bonchev–Trinajstić information content (AvgIpc) is 2.59. The monoisotopic (exact) mass is 391 g/mol. The van der Waals surface area contributed by atoms with Crippen molar-refractivity contribution in [3.8, 4) is 0 Å². The molecule has 0 heterocycles. The van der Waals surface area contributed by atoms with Crippen molar-refractivity contribution in [2.24, 2.45) is 0 Å². The molecular formula is C21H23Cl2NO2. The molecule has 0 saturated heterocycles. The lowest BCUT2D eigenvalue weighted by atomic mass is 9.96. The number of carbonyl (C=O) groups excluding carboxylic acids is 2. The molecule has 0 aliphatic rings. The van der Waals surface area contributed by atoms with E-state index >= 15 is 0 Å². The van der Waals surface area contributed by atoms with E-state index in [9.17, 15) is 9.59 Å². The first kappa shape index (κ1) is 20.6. The van der Waals surface area contributed by atoms with Gasteiger partial charge in [-0.1, -0.05) is 46.5 Å². The Balaban J connectivity index is 1.90. The van der Waals surface area contributed by atoms with E-state index < -0.39 is 0 Å². The molecule has 5 heteroatoms. The van der Waals surface area contributed by atoms with Crippen LogP contribution in [0, 0.1) is 13.8 Å². The zero-order valence-electron chi connectivity index (χ0n) is 15.0. The number of Topliss-reactive ketones (excluding diaryl/α,β-unsaturated/α-hetero) is 1. The van der Waals surface area contributed by atoms with Gasteiger partial charge in [-0.2, -0.15) is 0 Å². The third-order valence-corrected chi connectivity index (χ3v) is 5.00. The highest BCUT2D eigenvalue weighted by atomic mass is 35.5. The van der Waals surface area contributed by atoms with Gasteiger partial charge < -0.3 is 10.1 Å². The van der Waals surface area contributed by atoms with Crippen LogP contribution in [0.25, 0.3) is 0 Å². The van der Waals surface area contributed by atoms with Crippen molar-refractivity contribution in [3.05, 3.63) is 68.7 Å². The Labute approximate surface area is 164 Å². The minimum Gasteiger partial charge on any atom is -0.316 e. The van der Waals surface area contributed by atoms with Crippen LogP contribution in [0.3, 0.4) is 0 Å². The maximum Gasteiger partial charge on any atom is 0.164 e. The molecule has 0 saturated carbocycles. The van der Waals surface area contributed by atoms with E-state index in [0.717, 1.165) is 28.5 Å². The summed E-state index contributed by atoms with van der Waals surface area (Å²) >= 11 is 12.0. The number of carbonyl (C=O) groups is 2. The molecule has 2 aromatic rings. The highest BCUT2D eigenvalue weighted by molar-refractivity contribution is 6.42. The zero-order valence-corrected chi connectivity index (χ0v) is 16.5. The van der Waals surface area contributed by atoms with E-state index in [1.165, 1.54) is 0 Å². The van der Waals surface area contributed by atoms with Gasteiger partial charge >= 0.3 is 0 Å². The summed E-state index contributed by atoms with van der Waals surface area (Å²) in [4.78, 5) is 23.3. The summed E-state index contributed by atoms with van der Waals surface area (Å²) in [5, 5.41) is 4.25. The Bertz CT molecular complexity index is 769. The molecule has 0 aliphatic heterocycles. The third kappa shape index (κ3) is 5.94. The highest BCUT2D eigenvalue weighted by Crippen LogP contribution is 2.27. The Morgan fingerprint density at radius 1 is 1.08 bits per heavy atom. The summed E-state index contributed by atoms with van der Waals surface area (Å²) in [6.45, 7) is 5.13. The molecular weight excluding hydrogens is 369 g/mol. The number of ketones is 1. The van der Waals surface area contributed by atoms with Gasteiger partial charge in [0.25, 0.3) is 0 Å². The van der Waals surface area contributed by atoms with Gasteiger partial charge in [0.05, 0.1) is 10.0 Å². The van der Waals surface area contributed by atoms with E-state index in [1.807, 2.05) is 32.0 Å². The fourth-order valence-corrected chi connectivity index (χ4v) is 3.28. The second-order valence-electron chi connectivity index (χ2n) is 6.53. The predicted molar refractivity (Wildman–Crippen MR) is 108 cm³/mol. The van der Waals surface area contributed by atoms with Gasteiger partial charge in [-0.05, 0) is 43.7 Å². The number of rotatable bonds is 9. The zero-order chi connectivity index (χ0) is 19.1. The van der Waals surface area contributed by atoms with Crippen LogP contribution in [0.2, 0.25) is 10.0 Å². The maximum absolute atomic E-state index is 12.3. The van der Waals surface area contributed by atoms with Crippen LogP contribution < -0.4 is 5.32 Å². The third-order valence-electron chi connectivity index (χ3n) is 4.26. The number of benzene rings is 2. The van der Waals surface area contributed by atoms with Crippen LogP contribution in [0.15, 0.2) is 36.4 Å². The number of aryl methyl sites for hydroxylation is 2. The van der Waals surface area contributed by atoms with Crippen LogP contribution in [0.1, 0.15) is 45.8 Å². The van der Waals surface area contributed by atoms with Crippen molar-refractivity contribution in [3.63, 3.8) is 0 Å². The van der Waals surface area contributed by atoms with Gasteiger partial charge in [0.15, 0.2) is 5.78 Å². The van der Waals surface area contributed by atoms with Gasteiger partial charge in [0.2, 0.25) is 0 Å². The smallest absolute Gasteiger partial charge is 0.164 e. The van der Waals surface area contributed by atoms with Crippen LogP contribution in [0.5, 0.6) is 0 Å². The maximum atomic E-state index is 12.3. The standard InChI is InChI=1S/C21H23Cl2NO2/c1-14-9-15(2)11-18(10-14)21(26)5-7-24-13-17(6-8-25)16-3-4-19(22)20(23)12-16/h3-4,8-12,17,24H,5-7,13H2,1-2H3. The second kappa shape index (κ2) is 9.86. The van der Waals surface area contributed by atoms with Crippen LogP contribution in [0.4, 0.5) is 0 Å². The molecule has 0 fully saturated rings. The van der Waals surface area contributed by atoms with Gasteiger partial charge in [-0.3, -0.25) is 4.79 Å². The Morgan fingerprint density at radius 2 is 1.77 bits per heavy atom. The van der Waals surface area contributed by atoms with Crippen LogP contribution in [-0.2, 0) is 4.79 Å². The molecule has 2 rings (SSSR count). The summed E-state index contributed by atoms with van der Waals surface area (Å²) in [7, 11) is 0. The summed E-state index contributed by atoms with van der Waals surface area (Å²) < 4.78 is 0. The van der Waals surface area contributed by atoms with E-state index in [4.69, 9.17) is 23.2 Å². The summed E-state index contributed by atoms with van der Waals surface area (Å²) in [5.41, 5.74) is 3.89. The predicted octanol–water partition coefficient (Wildman–Crippen LogP) is 5.15. The average molecular weight is 392 g/mol. The summed E-state index contributed by atoms with van der Waals surface area (Å²) in [6, 6.07) is 11.3. The van der Waals surface area contributed by atoms with Gasteiger partial charge in [-0.25, -0.2) is 0 Å². The fraction of sp³-hybridized carbons (Fsp3) is 0.333. The van der Waals surface area contributed by atoms with Crippen molar-refractivity contribution in [1.29, 1.82) is 0 Å². The number of halogens is 2. The van der Waals surface area contributed by atoms with Crippen molar-refractivity contribution in [2.75, 3.05) is 13.1 Å². The molecule has 0 aromatic heterocycles. The van der Waals surface area contributed by atoms with E-state index in [-0.39, 0.29) is 11.7 Å². The number of nitrogens with one attached hydrogen (secondary N) is 1. The molecule has 1 N–H and O–H groups in total. The fourth-order valence-electron chi connectivity index (χ4n) is 2.98. The van der Waals surface area contributed by atoms with Gasteiger partial charge in [0.1, 0.15) is 6.29 Å². The molecule has 0 radical (unpaired) electrons. The number of hydrogen-bond acceptors (Lipinski definition) is 3. The van der Waals surface area contributed by atoms with E-state index in [2.05, 4.69) is 11.4 Å². The van der Waals surface area contributed by atoms with Crippen molar-refractivity contribution in [1.82, 2.24) is 5.32 Å². The molecule has 0 bridgehead atoms. The van der Waals surface area contributed by atoms with Crippen LogP contribution >= 0.6 is 23.2 Å². The Kier molecular flexibility index (Phi) is 7.83. The lowest BCUT2D eigenvalue weighted by molar-refractivity contribution is -0.108. The molecule has 1 unspecified atom stereocenters. The van der Waals surface area contributed by atoms with E-state index in [0.29, 0.717) is 36.0 Å². The molecule has 2 aromatic carbocycles. The first-order valence-corrected chi connectivity index (χ1v) is 9.37. The quantitative estimate of drug-likeness (QED) is 0.365. The molecule has 1 atom stereocenters. The molecule has 0 amide bonds. The van der Waals surface area contributed by atoms with E-state index in [1.54, 1.807) is 12.1 Å². The first-order chi connectivity index (χ1) is 12.4. The minimum absolute atomic E-state index is 0.00131. The van der Waals surface area contributed by atoms with Crippen molar-refractivity contribution in [2.45, 2.75) is 32.6 Å². The lowest BCUT2D eigenvalue weighted by Crippen LogP contribution is -2.24. The topological polar surface area (TPSA) is 46.2 Å². The van der Waals surface area contributed by atoms with Gasteiger partial charge in [0, 0.05) is 37.4 Å². The molecule has 138 valence electrons. The highest BCUT2D eigenvalue weighted by Gasteiger charge is 2.13. The minimum atomic E-state index is -0.00131.